The van der Waals surface area contributed by atoms with E-state index in [2.05, 4.69) is 9.97 Å². The monoisotopic (exact) mass is 272 g/mol. The predicted octanol–water partition coefficient (Wildman–Crippen LogP) is 3.10. The zero-order valence-corrected chi connectivity index (χ0v) is 9.97. The van der Waals surface area contributed by atoms with Crippen LogP contribution in [0.4, 0.5) is 13.2 Å². The van der Waals surface area contributed by atoms with E-state index in [0.29, 0.717) is 5.01 Å². The molecule has 0 aromatic carbocycles. The fourth-order valence-corrected chi connectivity index (χ4v) is 2.15. The molecule has 0 bridgehead atoms. The number of carbonyl (C=O) groups excluding carboxylic acids is 1. The average molecular weight is 272 g/mol. The fraction of sp³-hybridized carbons (Fsp3) is 0.182. The van der Waals surface area contributed by atoms with Crippen LogP contribution in [0.25, 0.3) is 0 Å². The van der Waals surface area contributed by atoms with E-state index < -0.39 is 23.1 Å². The topological polar surface area (TPSA) is 42.9 Å². The Morgan fingerprint density at radius 2 is 2.06 bits per heavy atom. The van der Waals surface area contributed by atoms with Crippen LogP contribution in [0, 0.1) is 6.92 Å². The van der Waals surface area contributed by atoms with Gasteiger partial charge in [0.05, 0.1) is 21.0 Å². The molecule has 94 valence electrons. The Hall–Kier alpha value is -1.76. The van der Waals surface area contributed by atoms with Gasteiger partial charge in [0, 0.05) is 18.6 Å². The van der Waals surface area contributed by atoms with Gasteiger partial charge in [-0.15, -0.1) is 11.3 Å². The number of thiazole rings is 1. The summed E-state index contributed by atoms with van der Waals surface area (Å²) in [5.41, 5.74) is -1.43. The highest BCUT2D eigenvalue weighted by Gasteiger charge is 2.35. The zero-order chi connectivity index (χ0) is 13.3. The van der Waals surface area contributed by atoms with Crippen LogP contribution in [-0.2, 0) is 6.18 Å². The molecule has 7 heteroatoms. The van der Waals surface area contributed by atoms with Gasteiger partial charge >= 0.3 is 6.18 Å². The SMILES string of the molecule is Cc1ncc(C(=O)c2cnccc2C(F)(F)F)s1. The summed E-state index contributed by atoms with van der Waals surface area (Å²) >= 11 is 1.05. The second kappa shape index (κ2) is 4.49. The van der Waals surface area contributed by atoms with Gasteiger partial charge in [-0.05, 0) is 13.0 Å². The molecule has 0 fully saturated rings. The number of aromatic nitrogens is 2. The molecular weight excluding hydrogens is 265 g/mol. The first-order chi connectivity index (χ1) is 8.39. The first kappa shape index (κ1) is 12.7. The highest BCUT2D eigenvalue weighted by atomic mass is 32.1. The van der Waals surface area contributed by atoms with E-state index in [9.17, 15) is 18.0 Å². The van der Waals surface area contributed by atoms with E-state index in [1.54, 1.807) is 6.92 Å². The third kappa shape index (κ3) is 2.40. The second-order valence-electron chi connectivity index (χ2n) is 3.49. The third-order valence-corrected chi connectivity index (χ3v) is 3.13. The first-order valence-corrected chi connectivity index (χ1v) is 5.69. The van der Waals surface area contributed by atoms with Crippen molar-refractivity contribution in [2.75, 3.05) is 0 Å². The van der Waals surface area contributed by atoms with Crippen LogP contribution in [0.15, 0.2) is 24.7 Å². The van der Waals surface area contributed by atoms with Crippen molar-refractivity contribution < 1.29 is 18.0 Å². The number of alkyl halides is 3. The van der Waals surface area contributed by atoms with Crippen LogP contribution >= 0.6 is 11.3 Å². The van der Waals surface area contributed by atoms with Gasteiger partial charge in [0.2, 0.25) is 5.78 Å². The molecule has 0 aliphatic rings. The third-order valence-electron chi connectivity index (χ3n) is 2.22. The van der Waals surface area contributed by atoms with Crippen molar-refractivity contribution in [3.05, 3.63) is 45.7 Å². The molecule has 2 aromatic rings. The van der Waals surface area contributed by atoms with Crippen molar-refractivity contribution in [2.45, 2.75) is 13.1 Å². The van der Waals surface area contributed by atoms with Crippen LogP contribution in [-0.4, -0.2) is 15.8 Å². The van der Waals surface area contributed by atoms with E-state index >= 15 is 0 Å². The van der Waals surface area contributed by atoms with Gasteiger partial charge < -0.3 is 0 Å². The second-order valence-corrected chi connectivity index (χ2v) is 4.73. The molecule has 0 N–H and O–H groups in total. The van der Waals surface area contributed by atoms with Crippen LogP contribution < -0.4 is 0 Å². The summed E-state index contributed by atoms with van der Waals surface area (Å²) in [7, 11) is 0. The lowest BCUT2D eigenvalue weighted by atomic mass is 10.1. The number of pyridine rings is 1. The molecular formula is C11H7F3N2OS. The lowest BCUT2D eigenvalue weighted by Gasteiger charge is -2.10. The zero-order valence-electron chi connectivity index (χ0n) is 9.15. The highest BCUT2D eigenvalue weighted by Crippen LogP contribution is 2.32. The summed E-state index contributed by atoms with van der Waals surface area (Å²) < 4.78 is 38.2. The van der Waals surface area contributed by atoms with E-state index in [1.807, 2.05) is 0 Å². The predicted molar refractivity (Wildman–Crippen MR) is 59.5 cm³/mol. The number of carbonyl (C=O) groups is 1. The van der Waals surface area contributed by atoms with Crippen molar-refractivity contribution in [3.63, 3.8) is 0 Å². The van der Waals surface area contributed by atoms with Gasteiger partial charge in [-0.25, -0.2) is 4.98 Å². The Bertz CT molecular complexity index is 592. The Morgan fingerprint density at radius 1 is 1.33 bits per heavy atom. The molecule has 2 rings (SSSR count). The van der Waals surface area contributed by atoms with Gasteiger partial charge in [-0.3, -0.25) is 9.78 Å². The Labute approximate surface area is 104 Å². The Balaban J connectivity index is 2.49. The van der Waals surface area contributed by atoms with Gasteiger partial charge in [0.15, 0.2) is 0 Å². The molecule has 2 heterocycles. The molecule has 0 aliphatic carbocycles. The van der Waals surface area contributed by atoms with Crippen molar-refractivity contribution in [2.24, 2.45) is 0 Å². The molecule has 0 radical (unpaired) electrons. The average Bonchev–Trinajstić information content (AvgIpc) is 2.74. The van der Waals surface area contributed by atoms with Crippen LogP contribution in [0.2, 0.25) is 0 Å². The Morgan fingerprint density at radius 3 is 2.61 bits per heavy atom. The molecule has 18 heavy (non-hydrogen) atoms. The largest absolute Gasteiger partial charge is 0.417 e. The van der Waals surface area contributed by atoms with Crippen LogP contribution in [0.5, 0.6) is 0 Å². The number of ketones is 1. The van der Waals surface area contributed by atoms with Crippen molar-refractivity contribution in [1.29, 1.82) is 0 Å². The smallest absolute Gasteiger partial charge is 0.288 e. The van der Waals surface area contributed by atoms with E-state index in [1.165, 1.54) is 6.20 Å². The number of aryl methyl sites for hydroxylation is 1. The maximum Gasteiger partial charge on any atom is 0.417 e. The molecule has 0 spiro atoms. The van der Waals surface area contributed by atoms with Crippen LogP contribution in [0.3, 0.4) is 0 Å². The highest BCUT2D eigenvalue weighted by molar-refractivity contribution is 7.13. The van der Waals surface area contributed by atoms with E-state index in [-0.39, 0.29) is 4.88 Å². The van der Waals surface area contributed by atoms with Crippen molar-refractivity contribution in [1.82, 2.24) is 9.97 Å². The maximum absolute atomic E-state index is 12.7. The molecule has 0 saturated heterocycles. The number of rotatable bonds is 2. The molecule has 0 amide bonds. The summed E-state index contributed by atoms with van der Waals surface area (Å²) in [6.07, 6.45) is -1.36. The number of hydrogen-bond acceptors (Lipinski definition) is 4. The van der Waals surface area contributed by atoms with Crippen LogP contribution in [0.1, 0.15) is 25.8 Å². The normalized spacial score (nSPS) is 11.6. The fourth-order valence-electron chi connectivity index (χ4n) is 1.42. The quantitative estimate of drug-likeness (QED) is 0.789. The molecule has 0 saturated carbocycles. The molecule has 0 aliphatic heterocycles. The summed E-state index contributed by atoms with van der Waals surface area (Å²) in [5.74, 6) is -0.707. The molecule has 3 nitrogen and oxygen atoms in total. The van der Waals surface area contributed by atoms with E-state index in [0.717, 1.165) is 29.8 Å². The maximum atomic E-state index is 12.7. The van der Waals surface area contributed by atoms with Crippen molar-refractivity contribution in [3.8, 4) is 0 Å². The summed E-state index contributed by atoms with van der Waals surface area (Å²) in [5, 5.41) is 0.621. The van der Waals surface area contributed by atoms with Gasteiger partial charge in [0.25, 0.3) is 0 Å². The minimum atomic E-state index is -4.58. The lowest BCUT2D eigenvalue weighted by Crippen LogP contribution is -2.13. The minimum absolute atomic E-state index is 0.172. The molecule has 2 aromatic heterocycles. The number of halogens is 3. The standard InChI is InChI=1S/C11H7F3N2OS/c1-6-16-5-9(18-6)10(17)7-4-15-3-2-8(7)11(12,13)14/h2-5H,1H3. The number of nitrogens with zero attached hydrogens (tertiary/aromatic N) is 2. The number of hydrogen-bond donors (Lipinski definition) is 0. The first-order valence-electron chi connectivity index (χ1n) is 4.88. The molecule has 0 atom stereocenters. The van der Waals surface area contributed by atoms with Gasteiger partial charge in [-0.1, -0.05) is 0 Å². The molecule has 0 unspecified atom stereocenters. The summed E-state index contributed by atoms with van der Waals surface area (Å²) in [6, 6.07) is 0.793. The summed E-state index contributed by atoms with van der Waals surface area (Å²) in [4.78, 5) is 19.6. The summed E-state index contributed by atoms with van der Waals surface area (Å²) in [6.45, 7) is 1.68. The van der Waals surface area contributed by atoms with Gasteiger partial charge in [0.1, 0.15) is 0 Å². The Kier molecular flexibility index (Phi) is 3.16. The minimum Gasteiger partial charge on any atom is -0.288 e. The van der Waals surface area contributed by atoms with Crippen molar-refractivity contribution >= 4 is 17.1 Å². The van der Waals surface area contributed by atoms with E-state index in [4.69, 9.17) is 0 Å². The lowest BCUT2D eigenvalue weighted by molar-refractivity contribution is -0.137. The van der Waals surface area contributed by atoms with Gasteiger partial charge in [-0.2, -0.15) is 13.2 Å².